The Morgan fingerprint density at radius 2 is 2.06 bits per heavy atom. The number of rotatable bonds is 5. The summed E-state index contributed by atoms with van der Waals surface area (Å²) in [6, 6.07) is 7.38. The lowest BCUT2D eigenvalue weighted by molar-refractivity contribution is -0.133. The second-order valence-electron chi connectivity index (χ2n) is 3.83. The van der Waals surface area contributed by atoms with E-state index in [4.69, 9.17) is 10.5 Å². The molecule has 0 saturated carbocycles. The van der Waals surface area contributed by atoms with Crippen LogP contribution in [-0.2, 0) is 4.79 Å². The molecular weight excluding hydrogens is 284 g/mol. The molecule has 0 aromatic heterocycles. The van der Waals surface area contributed by atoms with Crippen LogP contribution in [0.2, 0.25) is 0 Å². The van der Waals surface area contributed by atoms with Crippen LogP contribution >= 0.6 is 15.9 Å². The molecule has 0 fully saturated rings. The minimum atomic E-state index is -0.0779. The van der Waals surface area contributed by atoms with Crippen LogP contribution in [0.4, 0.5) is 0 Å². The lowest BCUT2D eigenvalue weighted by Gasteiger charge is -2.23. The molecule has 0 saturated heterocycles. The normalized spacial score (nSPS) is 12.0. The first-order valence-corrected chi connectivity index (χ1v) is 6.18. The zero-order valence-electron chi connectivity index (χ0n) is 10.0. The van der Waals surface area contributed by atoms with Gasteiger partial charge in [0.2, 0.25) is 0 Å². The van der Waals surface area contributed by atoms with E-state index in [0.29, 0.717) is 12.3 Å². The lowest BCUT2D eigenvalue weighted by Crippen LogP contribution is -2.42. The number of nitrogens with zero attached hydrogens (tertiary/aromatic N) is 1. The maximum atomic E-state index is 11.7. The summed E-state index contributed by atoms with van der Waals surface area (Å²) in [7, 11) is 1.73. The number of amides is 1. The van der Waals surface area contributed by atoms with E-state index in [-0.39, 0.29) is 18.6 Å². The molecule has 0 spiro atoms. The molecule has 0 radical (unpaired) electrons. The van der Waals surface area contributed by atoms with Crippen molar-refractivity contribution in [2.24, 2.45) is 5.73 Å². The molecule has 1 amide bonds. The van der Waals surface area contributed by atoms with Gasteiger partial charge >= 0.3 is 0 Å². The first kappa shape index (κ1) is 14.0. The Morgan fingerprint density at radius 3 is 2.59 bits per heavy atom. The number of benzene rings is 1. The molecule has 1 unspecified atom stereocenters. The number of hydrogen-bond acceptors (Lipinski definition) is 3. The zero-order valence-corrected chi connectivity index (χ0v) is 11.6. The van der Waals surface area contributed by atoms with E-state index in [2.05, 4.69) is 15.9 Å². The van der Waals surface area contributed by atoms with Crippen LogP contribution in [0.1, 0.15) is 6.92 Å². The van der Waals surface area contributed by atoms with Gasteiger partial charge in [-0.25, -0.2) is 0 Å². The van der Waals surface area contributed by atoms with Gasteiger partial charge in [0.25, 0.3) is 5.91 Å². The number of likely N-dealkylation sites (N-methyl/N-ethyl adjacent to an activating group) is 1. The summed E-state index contributed by atoms with van der Waals surface area (Å²) < 4.78 is 6.36. The predicted molar refractivity (Wildman–Crippen MR) is 70.9 cm³/mol. The average molecular weight is 301 g/mol. The summed E-state index contributed by atoms with van der Waals surface area (Å²) in [6.45, 7) is 2.38. The molecule has 0 aliphatic rings. The standard InChI is InChI=1S/C12H17BrN2O2/c1-9(7-14)15(2)12(16)8-17-11-5-3-10(13)4-6-11/h3-6,9H,7-8,14H2,1-2H3. The summed E-state index contributed by atoms with van der Waals surface area (Å²) in [6.07, 6.45) is 0. The highest BCUT2D eigenvalue weighted by molar-refractivity contribution is 9.10. The Kier molecular flexibility index (Phi) is 5.44. The van der Waals surface area contributed by atoms with E-state index in [1.165, 1.54) is 0 Å². The van der Waals surface area contributed by atoms with E-state index in [0.717, 1.165) is 4.47 Å². The summed E-state index contributed by atoms with van der Waals surface area (Å²) in [5.74, 6) is 0.598. The van der Waals surface area contributed by atoms with Crippen LogP contribution in [0.15, 0.2) is 28.7 Å². The second kappa shape index (κ2) is 6.61. The van der Waals surface area contributed by atoms with Crippen molar-refractivity contribution in [1.82, 2.24) is 4.90 Å². The SMILES string of the molecule is CC(CN)N(C)C(=O)COc1ccc(Br)cc1. The molecule has 94 valence electrons. The fourth-order valence-electron chi connectivity index (χ4n) is 1.18. The highest BCUT2D eigenvalue weighted by Crippen LogP contribution is 2.16. The van der Waals surface area contributed by atoms with Gasteiger partial charge in [0.1, 0.15) is 5.75 Å². The molecule has 1 aromatic carbocycles. The van der Waals surface area contributed by atoms with Crippen molar-refractivity contribution in [3.63, 3.8) is 0 Å². The van der Waals surface area contributed by atoms with Crippen LogP contribution in [0.3, 0.4) is 0 Å². The molecule has 1 aromatic rings. The van der Waals surface area contributed by atoms with E-state index < -0.39 is 0 Å². The number of nitrogens with two attached hydrogens (primary N) is 1. The molecule has 0 heterocycles. The Hall–Kier alpha value is -1.07. The minimum Gasteiger partial charge on any atom is -0.484 e. The highest BCUT2D eigenvalue weighted by Gasteiger charge is 2.14. The van der Waals surface area contributed by atoms with Gasteiger partial charge < -0.3 is 15.4 Å². The van der Waals surface area contributed by atoms with Crippen LogP contribution < -0.4 is 10.5 Å². The largest absolute Gasteiger partial charge is 0.484 e. The third-order valence-electron chi connectivity index (χ3n) is 2.57. The van der Waals surface area contributed by atoms with Crippen molar-refractivity contribution < 1.29 is 9.53 Å². The third-order valence-corrected chi connectivity index (χ3v) is 3.10. The average Bonchev–Trinajstić information content (AvgIpc) is 2.35. The van der Waals surface area contributed by atoms with Gasteiger partial charge in [0.15, 0.2) is 6.61 Å². The van der Waals surface area contributed by atoms with Gasteiger partial charge in [-0.15, -0.1) is 0 Å². The monoisotopic (exact) mass is 300 g/mol. The number of ether oxygens (including phenoxy) is 1. The van der Waals surface area contributed by atoms with Crippen molar-refractivity contribution >= 4 is 21.8 Å². The van der Waals surface area contributed by atoms with Crippen molar-refractivity contribution in [1.29, 1.82) is 0 Å². The van der Waals surface area contributed by atoms with Crippen molar-refractivity contribution in [2.75, 3.05) is 20.2 Å². The smallest absolute Gasteiger partial charge is 0.260 e. The molecule has 5 heteroatoms. The number of halogens is 1. The molecular formula is C12H17BrN2O2. The van der Waals surface area contributed by atoms with E-state index >= 15 is 0 Å². The molecule has 2 N–H and O–H groups in total. The number of carbonyl (C=O) groups excluding carboxylic acids is 1. The molecule has 17 heavy (non-hydrogen) atoms. The highest BCUT2D eigenvalue weighted by atomic mass is 79.9. The Bertz CT molecular complexity index is 367. The first-order valence-electron chi connectivity index (χ1n) is 5.38. The van der Waals surface area contributed by atoms with Gasteiger partial charge in [-0.1, -0.05) is 15.9 Å². The Labute approximate surface area is 110 Å². The van der Waals surface area contributed by atoms with E-state index in [9.17, 15) is 4.79 Å². The first-order chi connectivity index (χ1) is 8.04. The molecule has 1 atom stereocenters. The maximum Gasteiger partial charge on any atom is 0.260 e. The summed E-state index contributed by atoms with van der Waals surface area (Å²) in [5, 5.41) is 0. The third kappa shape index (κ3) is 4.36. The van der Waals surface area contributed by atoms with Crippen LogP contribution in [-0.4, -0.2) is 37.0 Å². The van der Waals surface area contributed by atoms with Crippen LogP contribution in [0.25, 0.3) is 0 Å². The topological polar surface area (TPSA) is 55.6 Å². The fraction of sp³-hybridized carbons (Fsp3) is 0.417. The fourth-order valence-corrected chi connectivity index (χ4v) is 1.45. The molecule has 4 nitrogen and oxygen atoms in total. The van der Waals surface area contributed by atoms with Crippen LogP contribution in [0.5, 0.6) is 5.75 Å². The van der Waals surface area contributed by atoms with Gasteiger partial charge in [-0.3, -0.25) is 4.79 Å². The molecule has 0 aliphatic heterocycles. The number of carbonyl (C=O) groups is 1. The summed E-state index contributed by atoms with van der Waals surface area (Å²) in [4.78, 5) is 13.3. The Balaban J connectivity index is 2.45. The molecule has 0 bridgehead atoms. The lowest BCUT2D eigenvalue weighted by atomic mass is 10.3. The summed E-state index contributed by atoms with van der Waals surface area (Å²) in [5.41, 5.74) is 5.49. The Morgan fingerprint density at radius 1 is 1.47 bits per heavy atom. The van der Waals surface area contributed by atoms with Gasteiger partial charge in [0.05, 0.1) is 0 Å². The second-order valence-corrected chi connectivity index (χ2v) is 4.75. The van der Waals surface area contributed by atoms with Crippen molar-refractivity contribution in [3.8, 4) is 5.75 Å². The quantitative estimate of drug-likeness (QED) is 0.899. The zero-order chi connectivity index (χ0) is 12.8. The van der Waals surface area contributed by atoms with Gasteiger partial charge in [-0.05, 0) is 31.2 Å². The van der Waals surface area contributed by atoms with Crippen molar-refractivity contribution in [2.45, 2.75) is 13.0 Å². The molecule has 1 rings (SSSR count). The van der Waals surface area contributed by atoms with Crippen LogP contribution in [0, 0.1) is 0 Å². The summed E-state index contributed by atoms with van der Waals surface area (Å²) >= 11 is 3.33. The van der Waals surface area contributed by atoms with E-state index in [1.807, 2.05) is 31.2 Å². The van der Waals surface area contributed by atoms with Crippen molar-refractivity contribution in [3.05, 3.63) is 28.7 Å². The molecule has 0 aliphatic carbocycles. The number of hydrogen-bond donors (Lipinski definition) is 1. The predicted octanol–water partition coefficient (Wildman–Crippen LogP) is 1.63. The van der Waals surface area contributed by atoms with Gasteiger partial charge in [-0.2, -0.15) is 0 Å². The van der Waals surface area contributed by atoms with E-state index in [1.54, 1.807) is 11.9 Å². The van der Waals surface area contributed by atoms with Gasteiger partial charge in [0, 0.05) is 24.1 Å². The minimum absolute atomic E-state index is 0.0241. The maximum absolute atomic E-state index is 11.7.